The molecule has 1 aliphatic heterocycles. The van der Waals surface area contributed by atoms with Crippen LogP contribution in [0, 0.1) is 0 Å². The molecular weight excluding hydrogens is 404 g/mol. The normalized spacial score (nSPS) is 15.5. The van der Waals surface area contributed by atoms with Crippen LogP contribution in [0.3, 0.4) is 0 Å². The van der Waals surface area contributed by atoms with E-state index in [1.165, 1.54) is 18.6 Å². The fraction of sp³-hybridized carbons (Fsp3) is 0.368. The molecule has 0 unspecified atom stereocenters. The number of likely N-dealkylation sites (tertiary alicyclic amines) is 1. The summed E-state index contributed by atoms with van der Waals surface area (Å²) in [4.78, 5) is 25.3. The number of alkyl halides is 2. The number of carbonyl (C=O) groups excluding carboxylic acids is 1. The van der Waals surface area contributed by atoms with Gasteiger partial charge in [0, 0.05) is 31.5 Å². The molecule has 3 aromatic heterocycles. The molecule has 2 N–H and O–H groups in total. The highest BCUT2D eigenvalue weighted by Gasteiger charge is 2.36. The Hall–Kier alpha value is -3.08. The standard InChI is InChI=1S/C18H20F2N6.CF2O/c19-18(20,15-3-1-2-7-21-15)11-26-9-5-13(6-10-26)25-17-14-4-8-22-16(14)23-12-24-17;2-1(3)4/h1-4,7-8,12-13H,5-6,9-11H2,(H2,22,23,24,25);. The van der Waals surface area contributed by atoms with Crippen LogP contribution in [-0.4, -0.2) is 56.8 Å². The molecule has 0 saturated carbocycles. The van der Waals surface area contributed by atoms with E-state index in [-0.39, 0.29) is 18.3 Å². The van der Waals surface area contributed by atoms with Gasteiger partial charge in [0.05, 0.1) is 11.9 Å². The molecule has 0 spiro atoms. The maximum atomic E-state index is 14.4. The van der Waals surface area contributed by atoms with Crippen LogP contribution in [0.25, 0.3) is 11.0 Å². The van der Waals surface area contributed by atoms with Crippen LogP contribution in [0.1, 0.15) is 18.5 Å². The second kappa shape index (κ2) is 9.61. The van der Waals surface area contributed by atoms with Gasteiger partial charge in [0.25, 0.3) is 0 Å². The van der Waals surface area contributed by atoms with Crippen molar-refractivity contribution < 1.29 is 22.4 Å². The highest BCUT2D eigenvalue weighted by molar-refractivity contribution is 5.86. The van der Waals surface area contributed by atoms with Crippen molar-refractivity contribution in [1.29, 1.82) is 0 Å². The van der Waals surface area contributed by atoms with E-state index in [1.807, 2.05) is 12.3 Å². The summed E-state index contributed by atoms with van der Waals surface area (Å²) in [5.41, 5.74) is 0.617. The molecule has 0 aromatic carbocycles. The van der Waals surface area contributed by atoms with E-state index in [9.17, 15) is 17.6 Å². The van der Waals surface area contributed by atoms with E-state index < -0.39 is 12.2 Å². The molecule has 0 radical (unpaired) electrons. The van der Waals surface area contributed by atoms with Crippen molar-refractivity contribution in [1.82, 2.24) is 24.8 Å². The lowest BCUT2D eigenvalue weighted by atomic mass is 10.0. The van der Waals surface area contributed by atoms with Gasteiger partial charge in [-0.2, -0.15) is 8.78 Å². The summed E-state index contributed by atoms with van der Waals surface area (Å²) >= 11 is 0. The second-order valence-corrected chi connectivity index (χ2v) is 6.80. The summed E-state index contributed by atoms with van der Waals surface area (Å²) < 4.78 is 48.2. The third kappa shape index (κ3) is 5.72. The van der Waals surface area contributed by atoms with Crippen molar-refractivity contribution in [2.24, 2.45) is 0 Å². The largest absolute Gasteiger partial charge is 0.483 e. The van der Waals surface area contributed by atoms with E-state index in [2.05, 4.69) is 25.3 Å². The van der Waals surface area contributed by atoms with Gasteiger partial charge >= 0.3 is 12.2 Å². The molecule has 30 heavy (non-hydrogen) atoms. The first-order valence-electron chi connectivity index (χ1n) is 9.26. The number of H-pyrrole nitrogens is 1. The van der Waals surface area contributed by atoms with Gasteiger partial charge < -0.3 is 10.3 Å². The summed E-state index contributed by atoms with van der Waals surface area (Å²) in [6.45, 7) is 0.926. The van der Waals surface area contributed by atoms with Crippen LogP contribution in [0.4, 0.5) is 28.2 Å². The number of carbonyl (C=O) groups is 1. The molecule has 11 heteroatoms. The van der Waals surface area contributed by atoms with E-state index >= 15 is 0 Å². The number of halogens is 4. The summed E-state index contributed by atoms with van der Waals surface area (Å²) in [5.74, 6) is -2.15. The van der Waals surface area contributed by atoms with Gasteiger partial charge in [0.15, 0.2) is 0 Å². The maximum absolute atomic E-state index is 14.4. The number of rotatable bonds is 5. The third-order valence-corrected chi connectivity index (χ3v) is 4.74. The maximum Gasteiger partial charge on any atom is 0.483 e. The Morgan fingerprint density at radius 2 is 1.90 bits per heavy atom. The van der Waals surface area contributed by atoms with Crippen molar-refractivity contribution in [3.05, 3.63) is 48.7 Å². The zero-order valence-corrected chi connectivity index (χ0v) is 15.9. The van der Waals surface area contributed by atoms with Gasteiger partial charge in [-0.3, -0.25) is 9.88 Å². The van der Waals surface area contributed by atoms with Crippen LogP contribution in [0.15, 0.2) is 43.0 Å². The van der Waals surface area contributed by atoms with Crippen LogP contribution >= 0.6 is 0 Å². The number of hydrogen-bond donors (Lipinski definition) is 2. The van der Waals surface area contributed by atoms with Crippen molar-refractivity contribution in [2.75, 3.05) is 25.0 Å². The van der Waals surface area contributed by atoms with Gasteiger partial charge in [-0.15, -0.1) is 8.78 Å². The van der Waals surface area contributed by atoms with E-state index in [0.717, 1.165) is 29.7 Å². The highest BCUT2D eigenvalue weighted by atomic mass is 19.3. The molecule has 4 rings (SSSR count). The monoisotopic (exact) mass is 424 g/mol. The topological polar surface area (TPSA) is 86.8 Å². The Morgan fingerprint density at radius 1 is 1.17 bits per heavy atom. The minimum absolute atomic E-state index is 0.170. The number of nitrogens with zero attached hydrogens (tertiary/aromatic N) is 4. The number of nitrogens with one attached hydrogen (secondary N) is 2. The number of aromatic nitrogens is 4. The average molecular weight is 424 g/mol. The summed E-state index contributed by atoms with van der Waals surface area (Å²) in [7, 11) is 0. The first-order valence-corrected chi connectivity index (χ1v) is 9.26. The Kier molecular flexibility index (Phi) is 6.93. The van der Waals surface area contributed by atoms with E-state index in [0.29, 0.717) is 13.1 Å². The summed E-state index contributed by atoms with van der Waals surface area (Å²) in [6, 6.07) is 6.76. The lowest BCUT2D eigenvalue weighted by Gasteiger charge is -2.34. The van der Waals surface area contributed by atoms with Crippen LogP contribution < -0.4 is 5.32 Å². The lowest BCUT2D eigenvalue weighted by Crippen LogP contribution is -2.44. The Bertz CT molecular complexity index is 956. The number of hydrogen-bond acceptors (Lipinski definition) is 6. The summed E-state index contributed by atoms with van der Waals surface area (Å²) in [5, 5.41) is 4.37. The Morgan fingerprint density at radius 3 is 2.57 bits per heavy atom. The van der Waals surface area contributed by atoms with E-state index in [4.69, 9.17) is 4.79 Å². The number of piperidine rings is 1. The third-order valence-electron chi connectivity index (χ3n) is 4.74. The van der Waals surface area contributed by atoms with Crippen molar-refractivity contribution >= 4 is 23.1 Å². The Labute approximate surface area is 169 Å². The molecule has 160 valence electrons. The lowest BCUT2D eigenvalue weighted by molar-refractivity contribution is -0.0457. The van der Waals surface area contributed by atoms with Crippen LogP contribution in [0.5, 0.6) is 0 Å². The second-order valence-electron chi connectivity index (χ2n) is 6.80. The molecular formula is C19H20F4N6O. The molecule has 7 nitrogen and oxygen atoms in total. The fourth-order valence-electron chi connectivity index (χ4n) is 3.36. The Balaban J connectivity index is 0.000000589. The van der Waals surface area contributed by atoms with Crippen molar-refractivity contribution in [3.8, 4) is 0 Å². The number of fused-ring (bicyclic) bond motifs is 1. The molecule has 1 fully saturated rings. The predicted octanol–water partition coefficient (Wildman–Crippen LogP) is 4.07. The number of aromatic amines is 1. The molecule has 0 bridgehead atoms. The minimum atomic E-state index is -2.94. The first kappa shape index (κ1) is 21.6. The van der Waals surface area contributed by atoms with Crippen molar-refractivity contribution in [2.45, 2.75) is 24.8 Å². The number of pyridine rings is 1. The molecule has 0 atom stereocenters. The highest BCUT2D eigenvalue weighted by Crippen LogP contribution is 2.29. The van der Waals surface area contributed by atoms with Gasteiger partial charge in [-0.25, -0.2) is 14.8 Å². The fourth-order valence-corrected chi connectivity index (χ4v) is 3.36. The van der Waals surface area contributed by atoms with Crippen LogP contribution in [0.2, 0.25) is 0 Å². The zero-order chi connectivity index (χ0) is 21.6. The molecule has 0 amide bonds. The smallest absolute Gasteiger partial charge is 0.367 e. The molecule has 1 saturated heterocycles. The predicted molar refractivity (Wildman–Crippen MR) is 103 cm³/mol. The minimum Gasteiger partial charge on any atom is -0.367 e. The van der Waals surface area contributed by atoms with Gasteiger partial charge in [-0.1, -0.05) is 6.07 Å². The molecule has 4 heterocycles. The van der Waals surface area contributed by atoms with Gasteiger partial charge in [0.1, 0.15) is 23.5 Å². The average Bonchev–Trinajstić information content (AvgIpc) is 3.19. The SMILES string of the molecule is FC(F)(CN1CCC(Nc2ncnc3[nH]ccc23)CC1)c1ccccn1.O=C(F)F. The molecule has 1 aliphatic rings. The van der Waals surface area contributed by atoms with E-state index in [1.54, 1.807) is 17.0 Å². The van der Waals surface area contributed by atoms with Crippen LogP contribution in [-0.2, 0) is 5.92 Å². The quantitative estimate of drug-likeness (QED) is 0.474. The van der Waals surface area contributed by atoms with Crippen molar-refractivity contribution in [3.63, 3.8) is 0 Å². The summed E-state index contributed by atoms with van der Waals surface area (Å²) in [6.07, 6.45) is 3.49. The molecule has 3 aromatic rings. The zero-order valence-electron chi connectivity index (χ0n) is 15.9. The first-order chi connectivity index (χ1) is 14.3. The van der Waals surface area contributed by atoms with Gasteiger partial charge in [-0.05, 0) is 31.0 Å². The number of anilines is 1. The molecule has 0 aliphatic carbocycles. The van der Waals surface area contributed by atoms with Gasteiger partial charge in [0.2, 0.25) is 0 Å².